The standard InChI is InChI=1S/C15H24N2O3/c1-10(18)8-11-6-5-7-17(11)14(19)12-9-13(20-16-12)15(2,3)4/h9-11,18H,5-8H2,1-4H3. The molecular weight excluding hydrogens is 256 g/mol. The Labute approximate surface area is 119 Å². The molecule has 20 heavy (non-hydrogen) atoms. The minimum absolute atomic E-state index is 0.0904. The number of rotatable bonds is 3. The van der Waals surface area contributed by atoms with Crippen LogP contribution < -0.4 is 0 Å². The number of aliphatic hydroxyl groups is 1. The van der Waals surface area contributed by atoms with Crippen LogP contribution in [0.1, 0.15) is 63.2 Å². The topological polar surface area (TPSA) is 66.6 Å². The molecule has 0 spiro atoms. The predicted octanol–water partition coefficient (Wildman–Crippen LogP) is 2.35. The molecule has 2 atom stereocenters. The van der Waals surface area contributed by atoms with Crippen LogP contribution in [0.25, 0.3) is 0 Å². The fourth-order valence-electron chi connectivity index (χ4n) is 2.62. The number of likely N-dealkylation sites (tertiary alicyclic amines) is 1. The number of hydrogen-bond donors (Lipinski definition) is 1. The van der Waals surface area contributed by atoms with Crippen molar-refractivity contribution in [2.75, 3.05) is 6.54 Å². The lowest BCUT2D eigenvalue weighted by Gasteiger charge is -2.24. The lowest BCUT2D eigenvalue weighted by Crippen LogP contribution is -2.37. The predicted molar refractivity (Wildman–Crippen MR) is 75.6 cm³/mol. The van der Waals surface area contributed by atoms with Gasteiger partial charge in [-0.3, -0.25) is 4.79 Å². The van der Waals surface area contributed by atoms with Crippen molar-refractivity contribution in [3.8, 4) is 0 Å². The van der Waals surface area contributed by atoms with Crippen LogP contribution in [-0.4, -0.2) is 39.8 Å². The Balaban J connectivity index is 2.12. The molecule has 112 valence electrons. The van der Waals surface area contributed by atoms with Gasteiger partial charge in [-0.05, 0) is 26.2 Å². The molecule has 1 aromatic rings. The smallest absolute Gasteiger partial charge is 0.276 e. The molecule has 2 rings (SSSR count). The normalized spacial score (nSPS) is 21.2. The average molecular weight is 280 g/mol. The van der Waals surface area contributed by atoms with Gasteiger partial charge in [-0.1, -0.05) is 25.9 Å². The van der Waals surface area contributed by atoms with Gasteiger partial charge in [-0.2, -0.15) is 0 Å². The Morgan fingerprint density at radius 1 is 1.60 bits per heavy atom. The fraction of sp³-hybridized carbons (Fsp3) is 0.733. The number of hydrogen-bond acceptors (Lipinski definition) is 4. The van der Waals surface area contributed by atoms with Crippen LogP contribution >= 0.6 is 0 Å². The maximum atomic E-state index is 12.5. The average Bonchev–Trinajstić information content (AvgIpc) is 2.94. The Kier molecular flexibility index (Phi) is 4.18. The highest BCUT2D eigenvalue weighted by Crippen LogP contribution is 2.26. The lowest BCUT2D eigenvalue weighted by molar-refractivity contribution is 0.0671. The third-order valence-electron chi connectivity index (χ3n) is 3.72. The quantitative estimate of drug-likeness (QED) is 0.923. The summed E-state index contributed by atoms with van der Waals surface area (Å²) in [6, 6.07) is 1.84. The number of carbonyl (C=O) groups excluding carboxylic acids is 1. The summed E-state index contributed by atoms with van der Waals surface area (Å²) in [7, 11) is 0. The van der Waals surface area contributed by atoms with Crippen LogP contribution in [0.15, 0.2) is 10.6 Å². The largest absolute Gasteiger partial charge is 0.393 e. The third-order valence-corrected chi connectivity index (χ3v) is 3.72. The van der Waals surface area contributed by atoms with Gasteiger partial charge in [0, 0.05) is 24.1 Å². The molecule has 2 heterocycles. The van der Waals surface area contributed by atoms with Crippen molar-refractivity contribution in [2.24, 2.45) is 0 Å². The minimum atomic E-state index is -0.393. The zero-order chi connectivity index (χ0) is 14.9. The zero-order valence-electron chi connectivity index (χ0n) is 12.7. The van der Waals surface area contributed by atoms with Crippen molar-refractivity contribution in [1.82, 2.24) is 10.1 Å². The summed E-state index contributed by atoms with van der Waals surface area (Å²) >= 11 is 0. The van der Waals surface area contributed by atoms with Gasteiger partial charge < -0.3 is 14.5 Å². The third kappa shape index (κ3) is 3.20. The van der Waals surface area contributed by atoms with Crippen molar-refractivity contribution >= 4 is 5.91 Å². The van der Waals surface area contributed by atoms with Gasteiger partial charge in [0.1, 0.15) is 5.76 Å². The van der Waals surface area contributed by atoms with E-state index in [0.717, 1.165) is 19.4 Å². The summed E-state index contributed by atoms with van der Waals surface area (Å²) in [5, 5.41) is 13.4. The van der Waals surface area contributed by atoms with Crippen LogP contribution in [0.4, 0.5) is 0 Å². The molecular formula is C15H24N2O3. The first kappa shape index (κ1) is 15.0. The molecule has 5 nitrogen and oxygen atoms in total. The van der Waals surface area contributed by atoms with Crippen molar-refractivity contribution < 1.29 is 14.4 Å². The van der Waals surface area contributed by atoms with E-state index < -0.39 is 6.10 Å². The van der Waals surface area contributed by atoms with Crippen LogP contribution in [0, 0.1) is 0 Å². The molecule has 0 bridgehead atoms. The molecule has 1 aliphatic heterocycles. The molecule has 0 radical (unpaired) electrons. The Morgan fingerprint density at radius 3 is 2.85 bits per heavy atom. The second-order valence-electron chi connectivity index (χ2n) is 6.71. The van der Waals surface area contributed by atoms with E-state index in [9.17, 15) is 9.90 Å². The highest BCUT2D eigenvalue weighted by molar-refractivity contribution is 5.92. The number of nitrogens with zero attached hydrogens (tertiary/aromatic N) is 2. The molecule has 0 aliphatic carbocycles. The molecule has 0 aromatic carbocycles. The van der Waals surface area contributed by atoms with Crippen LogP contribution in [0.2, 0.25) is 0 Å². The van der Waals surface area contributed by atoms with Crippen molar-refractivity contribution in [1.29, 1.82) is 0 Å². The number of carbonyl (C=O) groups is 1. The molecule has 5 heteroatoms. The molecule has 1 aliphatic rings. The Bertz CT molecular complexity index is 474. The van der Waals surface area contributed by atoms with Crippen molar-refractivity contribution in [3.63, 3.8) is 0 Å². The molecule has 0 saturated carbocycles. The summed E-state index contributed by atoms with van der Waals surface area (Å²) in [6.07, 6.45) is 2.15. The van der Waals surface area contributed by atoms with E-state index in [1.54, 1.807) is 13.0 Å². The van der Waals surface area contributed by atoms with Gasteiger partial charge in [-0.15, -0.1) is 0 Å². The molecule has 1 aromatic heterocycles. The van der Waals surface area contributed by atoms with E-state index in [-0.39, 0.29) is 17.4 Å². The summed E-state index contributed by atoms with van der Waals surface area (Å²) in [5.41, 5.74) is 0.211. The van der Waals surface area contributed by atoms with Gasteiger partial charge in [0.05, 0.1) is 6.10 Å². The van der Waals surface area contributed by atoms with Crippen LogP contribution in [0.5, 0.6) is 0 Å². The number of aliphatic hydroxyl groups excluding tert-OH is 1. The van der Waals surface area contributed by atoms with E-state index in [4.69, 9.17) is 4.52 Å². The van der Waals surface area contributed by atoms with Crippen molar-refractivity contribution in [2.45, 2.75) is 64.5 Å². The second kappa shape index (κ2) is 5.56. The van der Waals surface area contributed by atoms with Crippen molar-refractivity contribution in [3.05, 3.63) is 17.5 Å². The maximum Gasteiger partial charge on any atom is 0.276 e. The summed E-state index contributed by atoms with van der Waals surface area (Å²) < 4.78 is 5.28. The molecule has 1 saturated heterocycles. The Hall–Kier alpha value is -1.36. The van der Waals surface area contributed by atoms with E-state index in [1.807, 2.05) is 25.7 Å². The SMILES string of the molecule is CC(O)CC1CCCN1C(=O)c1cc(C(C)(C)C)on1. The van der Waals surface area contributed by atoms with Gasteiger partial charge in [0.25, 0.3) is 5.91 Å². The van der Waals surface area contributed by atoms with Gasteiger partial charge in [0.15, 0.2) is 5.69 Å². The maximum absolute atomic E-state index is 12.5. The highest BCUT2D eigenvalue weighted by atomic mass is 16.5. The fourth-order valence-corrected chi connectivity index (χ4v) is 2.62. The highest BCUT2D eigenvalue weighted by Gasteiger charge is 2.32. The first-order chi connectivity index (χ1) is 9.29. The molecule has 2 unspecified atom stereocenters. The summed E-state index contributed by atoms with van der Waals surface area (Å²) in [5.74, 6) is 0.625. The first-order valence-electron chi connectivity index (χ1n) is 7.25. The zero-order valence-corrected chi connectivity index (χ0v) is 12.7. The molecule has 1 N–H and O–H groups in total. The second-order valence-corrected chi connectivity index (χ2v) is 6.71. The first-order valence-corrected chi connectivity index (χ1v) is 7.25. The van der Waals surface area contributed by atoms with Gasteiger partial charge in [-0.25, -0.2) is 0 Å². The van der Waals surface area contributed by atoms with E-state index >= 15 is 0 Å². The van der Waals surface area contributed by atoms with Gasteiger partial charge in [0.2, 0.25) is 0 Å². The summed E-state index contributed by atoms with van der Waals surface area (Å²) in [4.78, 5) is 14.3. The molecule has 1 fully saturated rings. The number of amides is 1. The van der Waals surface area contributed by atoms with Gasteiger partial charge >= 0.3 is 0 Å². The van der Waals surface area contributed by atoms with E-state index in [0.29, 0.717) is 17.9 Å². The van der Waals surface area contributed by atoms with Crippen LogP contribution in [-0.2, 0) is 5.41 Å². The Morgan fingerprint density at radius 2 is 2.30 bits per heavy atom. The minimum Gasteiger partial charge on any atom is -0.393 e. The number of aromatic nitrogens is 1. The molecule has 1 amide bonds. The monoisotopic (exact) mass is 280 g/mol. The van der Waals surface area contributed by atoms with E-state index in [2.05, 4.69) is 5.16 Å². The van der Waals surface area contributed by atoms with Crippen LogP contribution in [0.3, 0.4) is 0 Å². The summed E-state index contributed by atoms with van der Waals surface area (Å²) in [6.45, 7) is 8.55. The van der Waals surface area contributed by atoms with E-state index in [1.165, 1.54) is 0 Å². The lowest BCUT2D eigenvalue weighted by atomic mass is 9.93.